The van der Waals surface area contributed by atoms with Crippen LogP contribution in [0, 0.1) is 0 Å². The predicted molar refractivity (Wildman–Crippen MR) is 71.7 cm³/mol. The van der Waals surface area contributed by atoms with Crippen molar-refractivity contribution in [1.82, 2.24) is 10.5 Å². The number of nitrogens with zero attached hydrogens (tertiary/aromatic N) is 1. The fourth-order valence-corrected chi connectivity index (χ4v) is 1.32. The first-order valence-corrected chi connectivity index (χ1v) is 5.73. The molecule has 0 fully saturated rings. The van der Waals surface area contributed by atoms with E-state index in [0.29, 0.717) is 30.6 Å². The van der Waals surface area contributed by atoms with E-state index in [9.17, 15) is 10.0 Å². The van der Waals surface area contributed by atoms with Gasteiger partial charge < -0.3 is 30.7 Å². The molecule has 7 nitrogen and oxygen atoms in total. The second-order valence-corrected chi connectivity index (χ2v) is 3.86. The van der Waals surface area contributed by atoms with Crippen molar-refractivity contribution in [1.29, 1.82) is 0 Å². The SMILES string of the molecule is CB(O)N=C(NCc1ccc(CN)o1)NB(C)O. The summed E-state index contributed by atoms with van der Waals surface area (Å²) in [5.41, 5.74) is 5.43. The summed E-state index contributed by atoms with van der Waals surface area (Å²) in [6.45, 7) is 3.80. The third-order valence-corrected chi connectivity index (χ3v) is 2.01. The summed E-state index contributed by atoms with van der Waals surface area (Å²) in [5.74, 6) is 1.69. The monoisotopic (exact) mass is 252 g/mol. The molecule has 1 aromatic rings. The molecule has 1 heterocycles. The van der Waals surface area contributed by atoms with Gasteiger partial charge in [-0.05, 0) is 25.8 Å². The molecule has 0 saturated heterocycles. The van der Waals surface area contributed by atoms with E-state index >= 15 is 0 Å². The molecule has 0 unspecified atom stereocenters. The van der Waals surface area contributed by atoms with Crippen LogP contribution < -0.4 is 16.3 Å². The van der Waals surface area contributed by atoms with Gasteiger partial charge in [-0.3, -0.25) is 4.90 Å². The molecule has 0 aliphatic carbocycles. The van der Waals surface area contributed by atoms with Gasteiger partial charge in [0, 0.05) is 0 Å². The second kappa shape index (κ2) is 7.10. The normalized spacial score (nSPS) is 11.3. The van der Waals surface area contributed by atoms with Crippen molar-refractivity contribution in [2.75, 3.05) is 0 Å². The standard InChI is InChI=1S/C9H18B2N4O3/c1-10(16)14-9(15-11(2)17)13-6-8-4-3-7(5-12)18-8/h3-4,16-17H,5-6,12H2,1-2H3,(H2,13,14,15). The summed E-state index contributed by atoms with van der Waals surface area (Å²) in [6, 6.07) is 3.60. The lowest BCUT2D eigenvalue weighted by Crippen LogP contribution is -2.45. The van der Waals surface area contributed by atoms with Gasteiger partial charge in [-0.1, -0.05) is 0 Å². The van der Waals surface area contributed by atoms with E-state index in [1.807, 2.05) is 0 Å². The average Bonchev–Trinajstić information content (AvgIpc) is 2.72. The maximum absolute atomic E-state index is 9.22. The van der Waals surface area contributed by atoms with Crippen molar-refractivity contribution in [2.24, 2.45) is 10.6 Å². The van der Waals surface area contributed by atoms with E-state index in [0.717, 1.165) is 0 Å². The van der Waals surface area contributed by atoms with Crippen LogP contribution in [0.25, 0.3) is 0 Å². The summed E-state index contributed by atoms with van der Waals surface area (Å²) in [6.07, 6.45) is 0. The number of nitrogens with two attached hydrogens (primary N) is 1. The highest BCUT2D eigenvalue weighted by Gasteiger charge is 2.10. The summed E-state index contributed by atoms with van der Waals surface area (Å²) < 4.78 is 5.40. The van der Waals surface area contributed by atoms with Gasteiger partial charge in [0.15, 0.2) is 5.96 Å². The third-order valence-electron chi connectivity index (χ3n) is 2.01. The van der Waals surface area contributed by atoms with Crippen molar-refractivity contribution in [2.45, 2.75) is 26.7 Å². The van der Waals surface area contributed by atoms with Crippen LogP contribution in [0.15, 0.2) is 21.5 Å². The van der Waals surface area contributed by atoms with Gasteiger partial charge in [-0.15, -0.1) is 0 Å². The Hall–Kier alpha value is -1.44. The fraction of sp³-hybridized carbons (Fsp3) is 0.444. The van der Waals surface area contributed by atoms with E-state index < -0.39 is 14.1 Å². The Kier molecular flexibility index (Phi) is 5.76. The molecule has 0 bridgehead atoms. The average molecular weight is 252 g/mol. The first kappa shape index (κ1) is 14.6. The lowest BCUT2D eigenvalue weighted by molar-refractivity contribution is 0.461. The Morgan fingerprint density at radius 3 is 2.56 bits per heavy atom. The molecule has 0 radical (unpaired) electrons. The molecule has 0 atom stereocenters. The topological polar surface area (TPSA) is 116 Å². The zero-order valence-electron chi connectivity index (χ0n) is 10.6. The molecule has 0 saturated carbocycles. The maximum Gasteiger partial charge on any atom is 0.431 e. The number of hydrogen-bond donors (Lipinski definition) is 5. The Balaban J connectivity index is 2.56. The van der Waals surface area contributed by atoms with Gasteiger partial charge in [0.1, 0.15) is 11.5 Å². The molecule has 0 aliphatic heterocycles. The Bertz CT molecular complexity index is 395. The first-order valence-electron chi connectivity index (χ1n) is 5.73. The lowest BCUT2D eigenvalue weighted by Gasteiger charge is -2.12. The number of nitrogens with one attached hydrogen (secondary N) is 2. The molecule has 98 valence electrons. The molecule has 0 aliphatic rings. The summed E-state index contributed by atoms with van der Waals surface area (Å²) >= 11 is 0. The molecule has 18 heavy (non-hydrogen) atoms. The summed E-state index contributed by atoms with van der Waals surface area (Å²) in [5, 5.41) is 24.0. The quantitative estimate of drug-likeness (QED) is 0.260. The Labute approximate surface area is 107 Å². The summed E-state index contributed by atoms with van der Waals surface area (Å²) in [7, 11) is -1.64. The van der Waals surface area contributed by atoms with Gasteiger partial charge in [0.25, 0.3) is 0 Å². The largest absolute Gasteiger partial charge is 0.463 e. The van der Waals surface area contributed by atoms with E-state index in [-0.39, 0.29) is 0 Å². The van der Waals surface area contributed by atoms with Gasteiger partial charge in [0.2, 0.25) is 0 Å². The molecule has 0 aromatic carbocycles. The van der Waals surface area contributed by atoms with E-state index in [1.165, 1.54) is 6.82 Å². The molecule has 1 aromatic heterocycles. The predicted octanol–water partition coefficient (Wildman–Crippen LogP) is -1.01. The number of rotatable bonds is 5. The highest BCUT2D eigenvalue weighted by molar-refractivity contribution is 6.52. The molecular formula is C9H18B2N4O3. The van der Waals surface area contributed by atoms with Gasteiger partial charge in [-0.2, -0.15) is 0 Å². The highest BCUT2D eigenvalue weighted by atomic mass is 16.3. The zero-order chi connectivity index (χ0) is 13.5. The van der Waals surface area contributed by atoms with Crippen molar-refractivity contribution in [3.8, 4) is 0 Å². The van der Waals surface area contributed by atoms with Crippen LogP contribution in [0.1, 0.15) is 11.5 Å². The Morgan fingerprint density at radius 2 is 2.06 bits per heavy atom. The zero-order valence-corrected chi connectivity index (χ0v) is 10.6. The maximum atomic E-state index is 9.22. The first-order chi connectivity index (χ1) is 8.51. The number of furan rings is 1. The van der Waals surface area contributed by atoms with Gasteiger partial charge in [0.05, 0.1) is 13.1 Å². The van der Waals surface area contributed by atoms with Crippen LogP contribution >= 0.6 is 0 Å². The van der Waals surface area contributed by atoms with Crippen LogP contribution in [0.2, 0.25) is 13.6 Å². The van der Waals surface area contributed by atoms with Crippen LogP contribution in [0.4, 0.5) is 0 Å². The van der Waals surface area contributed by atoms with Crippen molar-refractivity contribution < 1.29 is 14.5 Å². The molecule has 9 heteroatoms. The minimum Gasteiger partial charge on any atom is -0.463 e. The smallest absolute Gasteiger partial charge is 0.431 e. The molecule has 0 spiro atoms. The highest BCUT2D eigenvalue weighted by Crippen LogP contribution is 2.06. The van der Waals surface area contributed by atoms with Crippen LogP contribution in [-0.4, -0.2) is 30.1 Å². The van der Waals surface area contributed by atoms with E-state index in [1.54, 1.807) is 19.0 Å². The van der Waals surface area contributed by atoms with Crippen LogP contribution in [-0.2, 0) is 13.1 Å². The molecular weight excluding hydrogens is 234 g/mol. The van der Waals surface area contributed by atoms with Crippen LogP contribution in [0.3, 0.4) is 0 Å². The van der Waals surface area contributed by atoms with Crippen molar-refractivity contribution in [3.63, 3.8) is 0 Å². The van der Waals surface area contributed by atoms with Gasteiger partial charge in [-0.25, -0.2) is 0 Å². The van der Waals surface area contributed by atoms with E-state index in [2.05, 4.69) is 15.4 Å². The van der Waals surface area contributed by atoms with E-state index in [4.69, 9.17) is 10.2 Å². The third kappa shape index (κ3) is 5.26. The Morgan fingerprint density at radius 1 is 1.39 bits per heavy atom. The minimum absolute atomic E-state index is 0.297. The second-order valence-electron chi connectivity index (χ2n) is 3.86. The number of hydrogen-bond acceptors (Lipinski definition) is 5. The molecule has 0 amide bonds. The fourth-order valence-electron chi connectivity index (χ4n) is 1.32. The van der Waals surface area contributed by atoms with Crippen molar-refractivity contribution in [3.05, 3.63) is 23.7 Å². The molecule has 1 rings (SSSR count). The molecule has 6 N–H and O–H groups in total. The number of guanidine groups is 1. The summed E-state index contributed by atoms with van der Waals surface area (Å²) in [4.78, 5) is 3.88. The van der Waals surface area contributed by atoms with Gasteiger partial charge >= 0.3 is 14.1 Å². The lowest BCUT2D eigenvalue weighted by atomic mass is 9.88. The van der Waals surface area contributed by atoms with Crippen molar-refractivity contribution >= 4 is 20.1 Å². The minimum atomic E-state index is -0.866. The van der Waals surface area contributed by atoms with Crippen LogP contribution in [0.5, 0.6) is 0 Å².